The normalized spacial score (nSPS) is 22.6. The second-order valence-electron chi connectivity index (χ2n) is 6.43. The second-order valence-corrected chi connectivity index (χ2v) is 6.43. The number of nitrogens with one attached hydrogen (secondary N) is 1. The summed E-state index contributed by atoms with van der Waals surface area (Å²) >= 11 is 0. The van der Waals surface area contributed by atoms with Gasteiger partial charge in [-0.2, -0.15) is 4.39 Å². The summed E-state index contributed by atoms with van der Waals surface area (Å²) in [6.45, 7) is 6.37. The van der Waals surface area contributed by atoms with Crippen molar-refractivity contribution < 1.29 is 9.29 Å². The van der Waals surface area contributed by atoms with Gasteiger partial charge in [0.05, 0.1) is 19.5 Å². The number of hydrogen-bond donors (Lipinski definition) is 1. The van der Waals surface area contributed by atoms with Crippen molar-refractivity contribution in [2.75, 3.05) is 13.1 Å². The second kappa shape index (κ2) is 11.0. The van der Waals surface area contributed by atoms with E-state index in [1.807, 2.05) is 18.2 Å². The van der Waals surface area contributed by atoms with Crippen LogP contribution >= 0.6 is 0 Å². The third-order valence-corrected chi connectivity index (χ3v) is 4.52. The fraction of sp³-hybridized carbons (Fsp3) is 0.789. The quantitative estimate of drug-likeness (QED) is 0.396. The Morgan fingerprint density at radius 3 is 2.10 bits per heavy atom. The maximum absolute atomic E-state index is 15.1. The lowest BCUT2D eigenvalue weighted by Gasteiger charge is -2.32. The molecule has 0 aromatic heterocycles. The van der Waals surface area contributed by atoms with Gasteiger partial charge in [-0.15, -0.1) is 0 Å². The van der Waals surface area contributed by atoms with Gasteiger partial charge < -0.3 is 0 Å². The lowest BCUT2D eigenvalue weighted by molar-refractivity contribution is -0.962. The molecule has 1 N–H and O–H groups in total. The van der Waals surface area contributed by atoms with E-state index in [9.17, 15) is 0 Å². The van der Waals surface area contributed by atoms with Crippen LogP contribution < -0.4 is 4.90 Å². The molecule has 0 aliphatic heterocycles. The third-order valence-electron chi connectivity index (χ3n) is 4.52. The van der Waals surface area contributed by atoms with E-state index in [-0.39, 0.29) is 0 Å². The zero-order valence-electron chi connectivity index (χ0n) is 14.2. The standard InChI is InChI=1S/C19H34FN/c1-3-5-7-8-9-10-14-18-21(17-6-4-2)19(20)15-12-11-13-16-19/h11-13,15H,3-10,14,16-18H2,1-2H3/p+1. The molecule has 0 bridgehead atoms. The average Bonchev–Trinajstić information content (AvgIpc) is 2.50. The Morgan fingerprint density at radius 1 is 0.857 bits per heavy atom. The zero-order chi connectivity index (χ0) is 15.4. The summed E-state index contributed by atoms with van der Waals surface area (Å²) in [6.07, 6.45) is 19.5. The molecule has 0 fully saturated rings. The van der Waals surface area contributed by atoms with Crippen LogP contribution in [-0.2, 0) is 0 Å². The lowest BCUT2D eigenvalue weighted by atomic mass is 10.0. The van der Waals surface area contributed by atoms with Crippen LogP contribution in [0.15, 0.2) is 24.3 Å². The summed E-state index contributed by atoms with van der Waals surface area (Å²) in [5, 5.41) is 0. The molecule has 1 aliphatic carbocycles. The molecule has 0 heterocycles. The van der Waals surface area contributed by atoms with Gasteiger partial charge in [0.25, 0.3) is 5.79 Å². The Balaban J connectivity index is 2.30. The van der Waals surface area contributed by atoms with Gasteiger partial charge in [0.1, 0.15) is 0 Å². The smallest absolute Gasteiger partial charge is 0.263 e. The molecule has 1 nitrogen and oxygen atoms in total. The monoisotopic (exact) mass is 296 g/mol. The number of unbranched alkanes of at least 4 members (excludes halogenated alkanes) is 7. The summed E-state index contributed by atoms with van der Waals surface area (Å²) in [4.78, 5) is 1.14. The molecule has 2 unspecified atom stereocenters. The van der Waals surface area contributed by atoms with Crippen LogP contribution in [0.4, 0.5) is 4.39 Å². The minimum atomic E-state index is -1.16. The summed E-state index contributed by atoms with van der Waals surface area (Å²) in [6, 6.07) is 0. The van der Waals surface area contributed by atoms with Crippen LogP contribution in [0.3, 0.4) is 0 Å². The van der Waals surface area contributed by atoms with Crippen molar-refractivity contribution in [1.82, 2.24) is 0 Å². The highest BCUT2D eigenvalue weighted by molar-refractivity contribution is 5.14. The van der Waals surface area contributed by atoms with Gasteiger partial charge in [-0.05, 0) is 19.3 Å². The molecule has 0 radical (unpaired) electrons. The molecule has 1 aliphatic rings. The molecule has 0 aromatic carbocycles. The highest BCUT2D eigenvalue weighted by Crippen LogP contribution is 2.16. The van der Waals surface area contributed by atoms with Crippen LogP contribution in [0, 0.1) is 0 Å². The molecule has 122 valence electrons. The van der Waals surface area contributed by atoms with Crippen LogP contribution in [0.2, 0.25) is 0 Å². The maximum atomic E-state index is 15.1. The summed E-state index contributed by atoms with van der Waals surface area (Å²) in [5.41, 5.74) is 0. The first-order valence-electron chi connectivity index (χ1n) is 9.11. The van der Waals surface area contributed by atoms with Crippen LogP contribution in [-0.4, -0.2) is 18.9 Å². The van der Waals surface area contributed by atoms with E-state index in [0.717, 1.165) is 37.3 Å². The Labute approximate surface area is 131 Å². The first-order chi connectivity index (χ1) is 10.2. The van der Waals surface area contributed by atoms with Crippen LogP contribution in [0.25, 0.3) is 0 Å². The topological polar surface area (TPSA) is 4.44 Å². The van der Waals surface area contributed by atoms with Crippen LogP contribution in [0.1, 0.15) is 78.1 Å². The number of rotatable bonds is 12. The summed E-state index contributed by atoms with van der Waals surface area (Å²) < 4.78 is 15.1. The minimum absolute atomic E-state index is 0.541. The summed E-state index contributed by atoms with van der Waals surface area (Å²) in [7, 11) is 0. The van der Waals surface area contributed by atoms with Crippen molar-refractivity contribution in [3.63, 3.8) is 0 Å². The molecule has 21 heavy (non-hydrogen) atoms. The Bertz CT molecular complexity index is 311. The molecule has 0 saturated carbocycles. The maximum Gasteiger partial charge on any atom is 0.263 e. The number of allylic oxidation sites excluding steroid dienone is 2. The average molecular weight is 296 g/mol. The van der Waals surface area contributed by atoms with Gasteiger partial charge in [-0.3, -0.25) is 4.90 Å². The number of hydrogen-bond acceptors (Lipinski definition) is 0. The van der Waals surface area contributed by atoms with Gasteiger partial charge in [0.2, 0.25) is 0 Å². The predicted molar refractivity (Wildman–Crippen MR) is 90.3 cm³/mol. The van der Waals surface area contributed by atoms with E-state index in [1.165, 1.54) is 38.5 Å². The molecule has 2 heteroatoms. The van der Waals surface area contributed by atoms with Crippen molar-refractivity contribution >= 4 is 0 Å². The minimum Gasteiger partial charge on any atom is -0.300 e. The molecular formula is C19H35FN+. The van der Waals surface area contributed by atoms with Crippen molar-refractivity contribution in [3.8, 4) is 0 Å². The SMILES string of the molecule is CCCCCCCCC[NH+](CCCC)C1(F)C=CC=CC1. The van der Waals surface area contributed by atoms with Gasteiger partial charge in [0, 0.05) is 6.08 Å². The predicted octanol–water partition coefficient (Wildman–Crippen LogP) is 4.60. The van der Waals surface area contributed by atoms with Crippen LogP contribution in [0.5, 0.6) is 0 Å². The molecular weight excluding hydrogens is 261 g/mol. The van der Waals surface area contributed by atoms with E-state index < -0.39 is 5.79 Å². The Hall–Kier alpha value is -0.630. The van der Waals surface area contributed by atoms with Gasteiger partial charge >= 0.3 is 0 Å². The molecule has 0 aromatic rings. The van der Waals surface area contributed by atoms with Crippen molar-refractivity contribution in [1.29, 1.82) is 0 Å². The molecule has 0 spiro atoms. The Morgan fingerprint density at radius 2 is 1.48 bits per heavy atom. The zero-order valence-corrected chi connectivity index (χ0v) is 14.2. The van der Waals surface area contributed by atoms with Gasteiger partial charge in [-0.25, -0.2) is 0 Å². The Kier molecular flexibility index (Phi) is 9.65. The molecule has 2 atom stereocenters. The van der Waals surface area contributed by atoms with E-state index in [2.05, 4.69) is 13.8 Å². The first-order valence-corrected chi connectivity index (χ1v) is 9.11. The van der Waals surface area contributed by atoms with Gasteiger partial charge in [-0.1, -0.05) is 70.6 Å². The lowest BCUT2D eigenvalue weighted by Crippen LogP contribution is -3.19. The highest BCUT2D eigenvalue weighted by Gasteiger charge is 2.37. The van der Waals surface area contributed by atoms with E-state index >= 15 is 4.39 Å². The van der Waals surface area contributed by atoms with Gasteiger partial charge in [0.15, 0.2) is 0 Å². The van der Waals surface area contributed by atoms with Crippen molar-refractivity contribution in [2.24, 2.45) is 0 Å². The van der Waals surface area contributed by atoms with Crippen molar-refractivity contribution in [2.45, 2.75) is 83.8 Å². The van der Waals surface area contributed by atoms with E-state index in [0.29, 0.717) is 6.42 Å². The molecule has 0 amide bonds. The fourth-order valence-corrected chi connectivity index (χ4v) is 3.08. The molecule has 1 rings (SSSR count). The largest absolute Gasteiger partial charge is 0.300 e. The number of quaternary nitrogens is 1. The fourth-order valence-electron chi connectivity index (χ4n) is 3.08. The molecule has 0 saturated heterocycles. The van der Waals surface area contributed by atoms with E-state index in [4.69, 9.17) is 0 Å². The first kappa shape index (κ1) is 18.4. The van der Waals surface area contributed by atoms with E-state index in [1.54, 1.807) is 6.08 Å². The highest BCUT2D eigenvalue weighted by atomic mass is 19.1. The van der Waals surface area contributed by atoms with Crippen molar-refractivity contribution in [3.05, 3.63) is 24.3 Å². The number of alkyl halides is 1. The third kappa shape index (κ3) is 7.26. The summed E-state index contributed by atoms with van der Waals surface area (Å²) in [5.74, 6) is -1.16. The number of halogens is 1.